The first-order valence-corrected chi connectivity index (χ1v) is 8.10. The van der Waals surface area contributed by atoms with Gasteiger partial charge in [0.1, 0.15) is 0 Å². The molecule has 1 unspecified atom stereocenters. The second-order valence-corrected chi connectivity index (χ2v) is 6.76. The molecule has 3 nitrogen and oxygen atoms in total. The highest BCUT2D eigenvalue weighted by molar-refractivity contribution is 9.09. The molecule has 0 saturated heterocycles. The summed E-state index contributed by atoms with van der Waals surface area (Å²) in [4.78, 5) is 0.374. The van der Waals surface area contributed by atoms with E-state index >= 15 is 0 Å². The molecule has 1 N–H and O–H groups in total. The van der Waals surface area contributed by atoms with Gasteiger partial charge in [0.15, 0.2) is 0 Å². The third-order valence-electron chi connectivity index (χ3n) is 2.52. The van der Waals surface area contributed by atoms with E-state index in [1.807, 2.05) is 32.9 Å². The average molecular weight is 320 g/mol. The van der Waals surface area contributed by atoms with Gasteiger partial charge in [-0.15, -0.1) is 0 Å². The Morgan fingerprint density at radius 2 is 2.00 bits per heavy atom. The quantitative estimate of drug-likeness (QED) is 0.848. The SMILES string of the molecule is Cc1ccc(C)c(S(=O)(=O)NCC(C)CBr)c1. The Bertz CT molecular complexity index is 485. The van der Waals surface area contributed by atoms with E-state index in [1.165, 1.54) is 0 Å². The molecule has 0 radical (unpaired) electrons. The van der Waals surface area contributed by atoms with Gasteiger partial charge in [-0.3, -0.25) is 0 Å². The van der Waals surface area contributed by atoms with Gasteiger partial charge >= 0.3 is 0 Å². The van der Waals surface area contributed by atoms with Gasteiger partial charge in [0, 0.05) is 11.9 Å². The van der Waals surface area contributed by atoms with Crippen LogP contribution in [0.3, 0.4) is 0 Å². The number of alkyl halides is 1. The van der Waals surface area contributed by atoms with Crippen LogP contribution in [0, 0.1) is 19.8 Å². The molecule has 0 saturated carbocycles. The molecule has 96 valence electrons. The van der Waals surface area contributed by atoms with Gasteiger partial charge in [-0.1, -0.05) is 35.0 Å². The third kappa shape index (κ3) is 4.08. The lowest BCUT2D eigenvalue weighted by molar-refractivity contribution is 0.563. The summed E-state index contributed by atoms with van der Waals surface area (Å²) in [6.45, 7) is 6.13. The minimum absolute atomic E-state index is 0.273. The van der Waals surface area contributed by atoms with E-state index in [-0.39, 0.29) is 5.92 Å². The normalized spacial score (nSPS) is 13.6. The fraction of sp³-hybridized carbons (Fsp3) is 0.500. The van der Waals surface area contributed by atoms with E-state index in [4.69, 9.17) is 0 Å². The first-order chi connectivity index (χ1) is 7.86. The van der Waals surface area contributed by atoms with Crippen molar-refractivity contribution in [3.63, 3.8) is 0 Å². The highest BCUT2D eigenvalue weighted by Crippen LogP contribution is 2.16. The molecule has 0 heterocycles. The second kappa shape index (κ2) is 5.98. The Morgan fingerprint density at radius 1 is 1.35 bits per heavy atom. The van der Waals surface area contributed by atoms with Gasteiger partial charge in [-0.2, -0.15) is 0 Å². The lowest BCUT2D eigenvalue weighted by Crippen LogP contribution is -2.29. The summed E-state index contributed by atoms with van der Waals surface area (Å²) in [5.41, 5.74) is 1.72. The van der Waals surface area contributed by atoms with E-state index in [0.29, 0.717) is 11.4 Å². The van der Waals surface area contributed by atoms with Gasteiger partial charge in [0.2, 0.25) is 10.0 Å². The Balaban J connectivity index is 2.93. The number of rotatable bonds is 5. The Labute approximate surface area is 112 Å². The van der Waals surface area contributed by atoms with Gasteiger partial charge < -0.3 is 0 Å². The van der Waals surface area contributed by atoms with Crippen LogP contribution in [0.1, 0.15) is 18.1 Å². The maximum absolute atomic E-state index is 12.1. The molecule has 0 amide bonds. The topological polar surface area (TPSA) is 46.2 Å². The highest BCUT2D eigenvalue weighted by Gasteiger charge is 2.17. The third-order valence-corrected chi connectivity index (χ3v) is 5.19. The smallest absolute Gasteiger partial charge is 0.211 e. The van der Waals surface area contributed by atoms with Crippen LogP contribution < -0.4 is 4.72 Å². The van der Waals surface area contributed by atoms with Crippen LogP contribution in [0.5, 0.6) is 0 Å². The largest absolute Gasteiger partial charge is 0.240 e. The van der Waals surface area contributed by atoms with Crippen molar-refractivity contribution in [2.45, 2.75) is 25.7 Å². The van der Waals surface area contributed by atoms with Gasteiger partial charge in [0.05, 0.1) is 4.90 Å². The van der Waals surface area contributed by atoms with Crippen molar-refractivity contribution in [3.8, 4) is 0 Å². The molecular weight excluding hydrogens is 302 g/mol. The van der Waals surface area contributed by atoms with E-state index in [2.05, 4.69) is 20.7 Å². The Kier molecular flexibility index (Phi) is 5.16. The van der Waals surface area contributed by atoms with Crippen molar-refractivity contribution in [1.82, 2.24) is 4.72 Å². The fourth-order valence-electron chi connectivity index (χ4n) is 1.38. The van der Waals surface area contributed by atoms with Crippen molar-refractivity contribution in [3.05, 3.63) is 29.3 Å². The molecule has 0 aliphatic heterocycles. The molecule has 0 bridgehead atoms. The molecule has 1 atom stereocenters. The molecular formula is C12H18BrNO2S. The van der Waals surface area contributed by atoms with Crippen LogP contribution in [0.4, 0.5) is 0 Å². The molecule has 0 fully saturated rings. The highest BCUT2D eigenvalue weighted by atomic mass is 79.9. The summed E-state index contributed by atoms with van der Waals surface area (Å²) < 4.78 is 26.8. The maximum atomic E-state index is 12.1. The Hall–Kier alpha value is -0.390. The average Bonchev–Trinajstić information content (AvgIpc) is 2.29. The Morgan fingerprint density at radius 3 is 2.59 bits per heavy atom. The number of aryl methyl sites for hydroxylation is 2. The predicted molar refractivity (Wildman–Crippen MR) is 74.1 cm³/mol. The molecule has 1 aromatic carbocycles. The zero-order valence-electron chi connectivity index (χ0n) is 10.3. The summed E-state index contributed by atoms with van der Waals surface area (Å²) in [6, 6.07) is 5.45. The molecule has 0 aliphatic carbocycles. The maximum Gasteiger partial charge on any atom is 0.240 e. The first kappa shape index (κ1) is 14.7. The number of halogens is 1. The number of sulfonamides is 1. The van der Waals surface area contributed by atoms with E-state index in [1.54, 1.807) is 6.07 Å². The van der Waals surface area contributed by atoms with Crippen molar-refractivity contribution in [2.24, 2.45) is 5.92 Å². The monoisotopic (exact) mass is 319 g/mol. The molecule has 1 rings (SSSR count). The van der Waals surface area contributed by atoms with Crippen LogP contribution in [-0.2, 0) is 10.0 Å². The van der Waals surface area contributed by atoms with Crippen molar-refractivity contribution >= 4 is 26.0 Å². The summed E-state index contributed by atoms with van der Waals surface area (Å²) in [7, 11) is -3.39. The molecule has 17 heavy (non-hydrogen) atoms. The fourth-order valence-corrected chi connectivity index (χ4v) is 3.10. The van der Waals surface area contributed by atoms with E-state index < -0.39 is 10.0 Å². The molecule has 1 aromatic rings. The number of nitrogens with one attached hydrogen (secondary N) is 1. The lowest BCUT2D eigenvalue weighted by Gasteiger charge is -2.12. The van der Waals surface area contributed by atoms with Crippen LogP contribution in [0.25, 0.3) is 0 Å². The minimum Gasteiger partial charge on any atom is -0.211 e. The lowest BCUT2D eigenvalue weighted by atomic mass is 10.2. The number of hydrogen-bond acceptors (Lipinski definition) is 2. The summed E-state index contributed by atoms with van der Waals surface area (Å²) in [5.74, 6) is 0.273. The van der Waals surface area contributed by atoms with E-state index in [9.17, 15) is 8.42 Å². The van der Waals surface area contributed by atoms with Crippen LogP contribution >= 0.6 is 15.9 Å². The molecule has 0 aromatic heterocycles. The zero-order chi connectivity index (χ0) is 13.1. The standard InChI is InChI=1S/C12H18BrNO2S/c1-9-4-5-11(3)12(6-9)17(15,16)14-8-10(2)7-13/h4-6,10,14H,7-8H2,1-3H3. The number of hydrogen-bond donors (Lipinski definition) is 1. The summed E-state index contributed by atoms with van der Waals surface area (Å²) in [6.07, 6.45) is 0. The minimum atomic E-state index is -3.39. The van der Waals surface area contributed by atoms with Crippen molar-refractivity contribution < 1.29 is 8.42 Å². The van der Waals surface area contributed by atoms with Gasteiger partial charge in [-0.25, -0.2) is 13.1 Å². The van der Waals surface area contributed by atoms with Crippen molar-refractivity contribution in [2.75, 3.05) is 11.9 Å². The molecule has 0 spiro atoms. The van der Waals surface area contributed by atoms with E-state index in [0.717, 1.165) is 16.5 Å². The van der Waals surface area contributed by atoms with Crippen LogP contribution in [0.15, 0.2) is 23.1 Å². The van der Waals surface area contributed by atoms with Crippen molar-refractivity contribution in [1.29, 1.82) is 0 Å². The molecule has 5 heteroatoms. The summed E-state index contributed by atoms with van der Waals surface area (Å²) in [5, 5.41) is 0.780. The van der Waals surface area contributed by atoms with Gasteiger partial charge in [0.25, 0.3) is 0 Å². The van der Waals surface area contributed by atoms with Crippen LogP contribution in [-0.4, -0.2) is 20.3 Å². The molecule has 0 aliphatic rings. The van der Waals surface area contributed by atoms with Crippen LogP contribution in [0.2, 0.25) is 0 Å². The second-order valence-electron chi connectivity index (χ2n) is 4.38. The first-order valence-electron chi connectivity index (χ1n) is 5.49. The van der Waals surface area contributed by atoms with Gasteiger partial charge in [-0.05, 0) is 37.0 Å². The predicted octanol–water partition coefficient (Wildman–Crippen LogP) is 2.61. The summed E-state index contributed by atoms with van der Waals surface area (Å²) >= 11 is 3.33. The number of benzene rings is 1. The zero-order valence-corrected chi connectivity index (χ0v) is 12.7.